The van der Waals surface area contributed by atoms with Gasteiger partial charge >= 0.3 is 12.0 Å². The first-order valence-electron chi connectivity index (χ1n) is 7.06. The van der Waals surface area contributed by atoms with Gasteiger partial charge < -0.3 is 20.2 Å². The van der Waals surface area contributed by atoms with Gasteiger partial charge in [0.15, 0.2) is 0 Å². The lowest BCUT2D eigenvalue weighted by atomic mass is 10.1. The third kappa shape index (κ3) is 3.95. The maximum atomic E-state index is 12.2. The largest absolute Gasteiger partial charge is 0.478 e. The Morgan fingerprint density at radius 3 is 2.67 bits per heavy atom. The van der Waals surface area contributed by atoms with Gasteiger partial charge in [-0.15, -0.1) is 0 Å². The van der Waals surface area contributed by atoms with E-state index in [1.165, 1.54) is 6.07 Å². The first-order valence-corrected chi connectivity index (χ1v) is 7.06. The standard InChI is InChI=1S/C15H21N3O3/c1-11-4-5-12(10-13(11)14(19)20)16-15(21)18-7-3-6-17(2)8-9-18/h4-5,10H,3,6-9H2,1-2H3,(H,16,21)(H,19,20). The Balaban J connectivity index is 2.05. The van der Waals surface area contributed by atoms with Crippen LogP contribution >= 0.6 is 0 Å². The Hall–Kier alpha value is -2.08. The topological polar surface area (TPSA) is 72.9 Å². The Morgan fingerprint density at radius 2 is 1.95 bits per heavy atom. The van der Waals surface area contributed by atoms with Crippen molar-refractivity contribution in [2.45, 2.75) is 13.3 Å². The number of carbonyl (C=O) groups excluding carboxylic acids is 1. The molecule has 0 saturated carbocycles. The van der Waals surface area contributed by atoms with E-state index < -0.39 is 5.97 Å². The van der Waals surface area contributed by atoms with Crippen LogP contribution in [0.15, 0.2) is 18.2 Å². The molecule has 1 fully saturated rings. The van der Waals surface area contributed by atoms with E-state index in [1.807, 2.05) is 7.05 Å². The summed E-state index contributed by atoms with van der Waals surface area (Å²) in [7, 11) is 2.04. The molecule has 0 spiro atoms. The van der Waals surface area contributed by atoms with Gasteiger partial charge in [0, 0.05) is 25.3 Å². The fraction of sp³-hybridized carbons (Fsp3) is 0.467. The fourth-order valence-corrected chi connectivity index (χ4v) is 2.38. The zero-order chi connectivity index (χ0) is 15.4. The fourth-order valence-electron chi connectivity index (χ4n) is 2.38. The zero-order valence-electron chi connectivity index (χ0n) is 12.4. The minimum atomic E-state index is -0.986. The van der Waals surface area contributed by atoms with Gasteiger partial charge in [0.2, 0.25) is 0 Å². The smallest absolute Gasteiger partial charge is 0.336 e. The lowest BCUT2D eigenvalue weighted by Crippen LogP contribution is -2.37. The summed E-state index contributed by atoms with van der Waals surface area (Å²) >= 11 is 0. The second-order valence-electron chi connectivity index (χ2n) is 5.41. The molecular weight excluding hydrogens is 270 g/mol. The summed E-state index contributed by atoms with van der Waals surface area (Å²) in [5.74, 6) is -0.986. The van der Waals surface area contributed by atoms with Gasteiger partial charge in [-0.3, -0.25) is 0 Å². The molecule has 1 saturated heterocycles. The van der Waals surface area contributed by atoms with Crippen molar-refractivity contribution in [1.82, 2.24) is 9.80 Å². The molecule has 6 heteroatoms. The Labute approximate surface area is 124 Å². The molecule has 114 valence electrons. The number of aromatic carboxylic acids is 1. The van der Waals surface area contributed by atoms with Gasteiger partial charge in [-0.25, -0.2) is 9.59 Å². The van der Waals surface area contributed by atoms with Gasteiger partial charge in [0.05, 0.1) is 5.56 Å². The highest BCUT2D eigenvalue weighted by Gasteiger charge is 2.18. The van der Waals surface area contributed by atoms with Crippen molar-refractivity contribution in [3.8, 4) is 0 Å². The van der Waals surface area contributed by atoms with E-state index in [4.69, 9.17) is 5.11 Å². The minimum absolute atomic E-state index is 0.175. The van der Waals surface area contributed by atoms with Crippen molar-refractivity contribution >= 4 is 17.7 Å². The van der Waals surface area contributed by atoms with Crippen LogP contribution in [0.3, 0.4) is 0 Å². The Morgan fingerprint density at radius 1 is 1.19 bits per heavy atom. The van der Waals surface area contributed by atoms with Crippen LogP contribution in [0.25, 0.3) is 0 Å². The third-order valence-electron chi connectivity index (χ3n) is 3.73. The van der Waals surface area contributed by atoms with E-state index in [-0.39, 0.29) is 11.6 Å². The highest BCUT2D eigenvalue weighted by atomic mass is 16.4. The molecule has 1 aliphatic rings. The minimum Gasteiger partial charge on any atom is -0.478 e. The second-order valence-corrected chi connectivity index (χ2v) is 5.41. The molecule has 1 aromatic rings. The van der Waals surface area contributed by atoms with Crippen molar-refractivity contribution in [1.29, 1.82) is 0 Å². The number of rotatable bonds is 2. The zero-order valence-corrected chi connectivity index (χ0v) is 12.4. The maximum Gasteiger partial charge on any atom is 0.336 e. The SMILES string of the molecule is Cc1ccc(NC(=O)N2CCCN(C)CC2)cc1C(=O)O. The van der Waals surface area contributed by atoms with E-state index >= 15 is 0 Å². The van der Waals surface area contributed by atoms with Gasteiger partial charge in [-0.1, -0.05) is 6.07 Å². The molecule has 0 bridgehead atoms. The van der Waals surface area contributed by atoms with E-state index in [1.54, 1.807) is 24.0 Å². The number of carbonyl (C=O) groups is 2. The molecule has 1 aliphatic heterocycles. The average Bonchev–Trinajstić information content (AvgIpc) is 2.65. The Bertz CT molecular complexity index is 545. The second kappa shape index (κ2) is 6.58. The lowest BCUT2D eigenvalue weighted by molar-refractivity contribution is 0.0696. The van der Waals surface area contributed by atoms with E-state index in [2.05, 4.69) is 10.2 Å². The number of nitrogens with one attached hydrogen (secondary N) is 1. The van der Waals surface area contributed by atoms with Crippen LogP contribution < -0.4 is 5.32 Å². The van der Waals surface area contributed by atoms with E-state index in [9.17, 15) is 9.59 Å². The normalized spacial score (nSPS) is 16.4. The summed E-state index contributed by atoms with van der Waals surface area (Å²) in [6.07, 6.45) is 0.943. The number of benzene rings is 1. The molecule has 0 aliphatic carbocycles. The van der Waals surface area contributed by atoms with Crippen LogP contribution in [-0.4, -0.2) is 60.1 Å². The molecule has 2 N–H and O–H groups in total. The predicted molar refractivity (Wildman–Crippen MR) is 80.8 cm³/mol. The number of carboxylic acids is 1. The summed E-state index contributed by atoms with van der Waals surface area (Å²) < 4.78 is 0. The summed E-state index contributed by atoms with van der Waals surface area (Å²) in [6.45, 7) is 4.96. The molecule has 1 aromatic carbocycles. The summed E-state index contributed by atoms with van der Waals surface area (Å²) in [5.41, 5.74) is 1.40. The molecule has 2 amide bonds. The molecule has 0 aromatic heterocycles. The van der Waals surface area contributed by atoms with Crippen molar-refractivity contribution < 1.29 is 14.7 Å². The van der Waals surface area contributed by atoms with E-state index in [0.29, 0.717) is 24.3 Å². The number of urea groups is 1. The molecule has 0 unspecified atom stereocenters. The quantitative estimate of drug-likeness (QED) is 0.872. The third-order valence-corrected chi connectivity index (χ3v) is 3.73. The Kier molecular flexibility index (Phi) is 4.80. The van der Waals surface area contributed by atoms with Crippen LogP contribution in [0, 0.1) is 6.92 Å². The monoisotopic (exact) mass is 291 g/mol. The number of hydrogen-bond donors (Lipinski definition) is 2. The van der Waals surface area contributed by atoms with Crippen LogP contribution in [-0.2, 0) is 0 Å². The highest BCUT2D eigenvalue weighted by Crippen LogP contribution is 2.16. The van der Waals surface area contributed by atoms with Crippen LogP contribution in [0.2, 0.25) is 0 Å². The molecule has 0 radical (unpaired) electrons. The summed E-state index contributed by atoms with van der Waals surface area (Å²) in [5, 5.41) is 11.9. The van der Waals surface area contributed by atoms with Gasteiger partial charge in [0.25, 0.3) is 0 Å². The molecular formula is C15H21N3O3. The van der Waals surface area contributed by atoms with E-state index in [0.717, 1.165) is 19.5 Å². The maximum absolute atomic E-state index is 12.2. The van der Waals surface area contributed by atoms with Gasteiger partial charge in [0.1, 0.15) is 0 Å². The van der Waals surface area contributed by atoms with Crippen molar-refractivity contribution in [3.05, 3.63) is 29.3 Å². The van der Waals surface area contributed by atoms with Gasteiger partial charge in [-0.05, 0) is 44.6 Å². The van der Waals surface area contributed by atoms with Crippen LogP contribution in [0.1, 0.15) is 22.3 Å². The number of hydrogen-bond acceptors (Lipinski definition) is 3. The number of aryl methyl sites for hydroxylation is 1. The molecule has 1 heterocycles. The first-order chi connectivity index (χ1) is 9.97. The van der Waals surface area contributed by atoms with Crippen molar-refractivity contribution in [2.75, 3.05) is 38.5 Å². The molecule has 0 atom stereocenters. The number of anilines is 1. The van der Waals surface area contributed by atoms with Crippen molar-refractivity contribution in [2.24, 2.45) is 0 Å². The summed E-state index contributed by atoms with van der Waals surface area (Å²) in [4.78, 5) is 27.3. The lowest BCUT2D eigenvalue weighted by Gasteiger charge is -2.21. The first kappa shape index (κ1) is 15.3. The van der Waals surface area contributed by atoms with Gasteiger partial charge in [-0.2, -0.15) is 0 Å². The highest BCUT2D eigenvalue weighted by molar-refractivity contribution is 5.94. The number of nitrogens with zero attached hydrogens (tertiary/aromatic N) is 2. The van der Waals surface area contributed by atoms with Crippen LogP contribution in [0.5, 0.6) is 0 Å². The summed E-state index contributed by atoms with van der Waals surface area (Å²) in [6, 6.07) is 4.75. The molecule has 6 nitrogen and oxygen atoms in total. The molecule has 21 heavy (non-hydrogen) atoms. The average molecular weight is 291 g/mol. The van der Waals surface area contributed by atoms with Crippen molar-refractivity contribution in [3.63, 3.8) is 0 Å². The number of amides is 2. The predicted octanol–water partition coefficient (Wildman–Crippen LogP) is 1.86. The molecule has 2 rings (SSSR count). The number of likely N-dealkylation sites (N-methyl/N-ethyl adjacent to an activating group) is 1. The number of carboxylic acid groups (broad SMARTS) is 1. The van der Waals surface area contributed by atoms with Crippen LogP contribution in [0.4, 0.5) is 10.5 Å².